The normalized spacial score (nSPS) is 12.6. The molecule has 3 heteroatoms. The molecule has 0 atom stereocenters. The molecule has 2 heterocycles. The van der Waals surface area contributed by atoms with E-state index in [4.69, 9.17) is 16.8 Å². The Morgan fingerprint density at radius 3 is 1.63 bits per heavy atom. The Kier molecular flexibility index (Phi) is 7.25. The minimum absolute atomic E-state index is 0.164. The monoisotopic (exact) mass is 756 g/mol. The van der Waals surface area contributed by atoms with Crippen molar-refractivity contribution in [1.29, 1.82) is 0 Å². The molecule has 0 unspecified atom stereocenters. The van der Waals surface area contributed by atoms with Crippen molar-refractivity contribution < 1.29 is 6.85 Å². The van der Waals surface area contributed by atoms with Crippen LogP contribution >= 0.6 is 0 Å². The number of hydrogen-bond acceptors (Lipinski definition) is 2. The highest BCUT2D eigenvalue weighted by atomic mass is 15.0. The minimum atomic E-state index is -0.412. The SMILES string of the molecule is [2H]c1c([2H])c([2H])c(-c2ccc(-c3cc(-c4ccc(-c5ccc(-c6ccc7c(c6)c6ccccc6n7-c6ccccc6)cc5)c5ccccc45)nc(-c4ccccc4)n3)cc2)c([2H])c1[2H]. The summed E-state index contributed by atoms with van der Waals surface area (Å²) in [7, 11) is 0. The molecule has 0 aliphatic carbocycles. The molecule has 0 spiro atoms. The van der Waals surface area contributed by atoms with Crippen LogP contribution in [0.1, 0.15) is 6.85 Å². The van der Waals surface area contributed by atoms with Crippen molar-refractivity contribution in [2.75, 3.05) is 0 Å². The fourth-order valence-corrected chi connectivity index (χ4v) is 8.28. The maximum absolute atomic E-state index is 8.49. The fraction of sp³-hybridized carbons (Fsp3) is 0. The third kappa shape index (κ3) is 6.26. The van der Waals surface area contributed by atoms with Crippen molar-refractivity contribution in [3.05, 3.63) is 224 Å². The molecule has 0 N–H and O–H groups in total. The molecule has 0 amide bonds. The van der Waals surface area contributed by atoms with Gasteiger partial charge in [-0.2, -0.15) is 0 Å². The van der Waals surface area contributed by atoms with Crippen LogP contribution in [0.25, 0.3) is 106 Å². The van der Waals surface area contributed by atoms with E-state index in [0.29, 0.717) is 17.1 Å². The van der Waals surface area contributed by atoms with Gasteiger partial charge in [-0.15, -0.1) is 0 Å². The lowest BCUT2D eigenvalue weighted by molar-refractivity contribution is 1.18. The number of para-hydroxylation sites is 2. The summed E-state index contributed by atoms with van der Waals surface area (Å²) < 4.78 is 43.7. The predicted octanol–water partition coefficient (Wildman–Crippen LogP) is 14.7. The van der Waals surface area contributed by atoms with Gasteiger partial charge in [0.1, 0.15) is 0 Å². The van der Waals surface area contributed by atoms with Crippen molar-refractivity contribution in [1.82, 2.24) is 14.5 Å². The maximum atomic E-state index is 8.49. The molecule has 0 aliphatic rings. The molecular weight excluding hydrogens is 715 g/mol. The summed E-state index contributed by atoms with van der Waals surface area (Å²) in [5, 5.41) is 4.61. The molecule has 3 nitrogen and oxygen atoms in total. The van der Waals surface area contributed by atoms with E-state index >= 15 is 0 Å². The van der Waals surface area contributed by atoms with Crippen LogP contribution in [-0.2, 0) is 0 Å². The Labute approximate surface area is 350 Å². The Morgan fingerprint density at radius 1 is 0.339 bits per heavy atom. The van der Waals surface area contributed by atoms with Gasteiger partial charge in [0.25, 0.3) is 0 Å². The van der Waals surface area contributed by atoms with Crippen LogP contribution in [0.15, 0.2) is 224 Å². The van der Waals surface area contributed by atoms with E-state index in [1.54, 1.807) is 12.1 Å². The summed E-state index contributed by atoms with van der Waals surface area (Å²) in [4.78, 5) is 10.2. The van der Waals surface area contributed by atoms with E-state index in [9.17, 15) is 0 Å². The Bertz CT molecular complexity index is 3560. The number of benzene rings is 9. The van der Waals surface area contributed by atoms with Gasteiger partial charge in [0.15, 0.2) is 5.82 Å². The Balaban J connectivity index is 0.969. The second kappa shape index (κ2) is 14.6. The third-order valence-electron chi connectivity index (χ3n) is 11.1. The van der Waals surface area contributed by atoms with Crippen LogP contribution in [0.5, 0.6) is 0 Å². The average Bonchev–Trinajstić information content (AvgIpc) is 3.69. The van der Waals surface area contributed by atoms with Gasteiger partial charge < -0.3 is 4.57 Å². The first-order valence-electron chi connectivity index (χ1n) is 22.2. The highest BCUT2D eigenvalue weighted by molar-refractivity contribution is 6.10. The molecule has 59 heavy (non-hydrogen) atoms. The zero-order valence-corrected chi connectivity index (χ0v) is 31.8. The van der Waals surface area contributed by atoms with Gasteiger partial charge in [0.05, 0.1) is 29.3 Å². The van der Waals surface area contributed by atoms with Crippen LogP contribution in [0.4, 0.5) is 0 Å². The Morgan fingerprint density at radius 2 is 0.881 bits per heavy atom. The van der Waals surface area contributed by atoms with E-state index in [0.717, 1.165) is 61.1 Å². The number of fused-ring (bicyclic) bond motifs is 4. The smallest absolute Gasteiger partial charge is 0.160 e. The number of hydrogen-bond donors (Lipinski definition) is 0. The molecule has 0 saturated heterocycles. The van der Waals surface area contributed by atoms with Crippen LogP contribution < -0.4 is 0 Å². The molecule has 11 aromatic rings. The van der Waals surface area contributed by atoms with E-state index in [-0.39, 0.29) is 29.7 Å². The quantitative estimate of drug-likeness (QED) is 0.162. The lowest BCUT2D eigenvalue weighted by atomic mass is 9.92. The lowest BCUT2D eigenvalue weighted by Gasteiger charge is -2.14. The van der Waals surface area contributed by atoms with Crippen molar-refractivity contribution >= 4 is 32.6 Å². The molecular formula is C56H37N3. The van der Waals surface area contributed by atoms with Gasteiger partial charge in [0, 0.05) is 33.2 Å². The fourth-order valence-electron chi connectivity index (χ4n) is 8.28. The van der Waals surface area contributed by atoms with E-state index in [1.165, 1.54) is 21.8 Å². The van der Waals surface area contributed by atoms with E-state index < -0.39 is 6.04 Å². The van der Waals surface area contributed by atoms with Crippen LogP contribution in [-0.4, -0.2) is 14.5 Å². The van der Waals surface area contributed by atoms with Crippen molar-refractivity contribution in [2.24, 2.45) is 0 Å². The summed E-state index contributed by atoms with van der Waals surface area (Å²) in [5.74, 6) is 0.578. The number of nitrogens with zero attached hydrogens (tertiary/aromatic N) is 3. The summed E-state index contributed by atoms with van der Waals surface area (Å²) in [6.45, 7) is 0. The molecule has 0 bridgehead atoms. The summed E-state index contributed by atoms with van der Waals surface area (Å²) >= 11 is 0. The summed E-state index contributed by atoms with van der Waals surface area (Å²) in [5.41, 5.74) is 12.8. The topological polar surface area (TPSA) is 30.7 Å². The Hall–Kier alpha value is -7.88. The highest BCUT2D eigenvalue weighted by Gasteiger charge is 2.16. The van der Waals surface area contributed by atoms with E-state index in [1.807, 2.05) is 48.5 Å². The minimum Gasteiger partial charge on any atom is -0.309 e. The molecule has 2 aromatic heterocycles. The van der Waals surface area contributed by atoms with Gasteiger partial charge in [-0.1, -0.05) is 188 Å². The second-order valence-corrected chi connectivity index (χ2v) is 14.6. The molecule has 11 rings (SSSR count). The first kappa shape index (κ1) is 29.4. The molecule has 0 radical (unpaired) electrons. The molecule has 276 valence electrons. The van der Waals surface area contributed by atoms with Crippen LogP contribution in [0.3, 0.4) is 0 Å². The van der Waals surface area contributed by atoms with E-state index in [2.05, 4.69) is 138 Å². The average molecular weight is 757 g/mol. The number of aromatic nitrogens is 3. The zero-order valence-electron chi connectivity index (χ0n) is 36.8. The van der Waals surface area contributed by atoms with Crippen molar-refractivity contribution in [3.8, 4) is 73.0 Å². The van der Waals surface area contributed by atoms with Crippen molar-refractivity contribution in [3.63, 3.8) is 0 Å². The second-order valence-electron chi connectivity index (χ2n) is 14.6. The third-order valence-corrected chi connectivity index (χ3v) is 11.1. The van der Waals surface area contributed by atoms with Crippen LogP contribution in [0, 0.1) is 0 Å². The summed E-state index contributed by atoms with van der Waals surface area (Å²) in [6, 6.07) is 65.1. The lowest BCUT2D eigenvalue weighted by Crippen LogP contribution is -1.96. The van der Waals surface area contributed by atoms with Crippen molar-refractivity contribution in [2.45, 2.75) is 0 Å². The molecule has 0 fully saturated rings. The first-order chi connectivity index (χ1) is 31.3. The zero-order chi connectivity index (χ0) is 43.5. The largest absolute Gasteiger partial charge is 0.309 e. The van der Waals surface area contributed by atoms with Gasteiger partial charge in [0.2, 0.25) is 0 Å². The maximum Gasteiger partial charge on any atom is 0.160 e. The van der Waals surface area contributed by atoms with Gasteiger partial charge in [-0.3, -0.25) is 0 Å². The highest BCUT2D eigenvalue weighted by Crippen LogP contribution is 2.39. The van der Waals surface area contributed by atoms with Gasteiger partial charge in [-0.05, 0) is 80.6 Å². The standard InChI is InChI=1S/C56H37N3/c1-4-14-38(15-5-1)39-26-30-42(31-27-39)52-37-53(58-56(57-52)43-16-6-2-7-17-43)49-34-33-46(47-20-10-11-21-48(47)49)41-28-24-40(25-29-41)44-32-35-55-51(36-44)50-22-12-13-23-54(50)59(55)45-18-8-3-9-19-45/h1-37H/i1D,4D,5D,14D,15D. The molecule has 9 aromatic carbocycles. The summed E-state index contributed by atoms with van der Waals surface area (Å²) in [6.07, 6.45) is 0. The van der Waals surface area contributed by atoms with Gasteiger partial charge >= 0.3 is 0 Å². The first-order valence-corrected chi connectivity index (χ1v) is 19.7. The number of rotatable bonds is 7. The predicted molar refractivity (Wildman–Crippen MR) is 246 cm³/mol. The van der Waals surface area contributed by atoms with Crippen LogP contribution in [0.2, 0.25) is 0 Å². The van der Waals surface area contributed by atoms with Gasteiger partial charge in [-0.25, -0.2) is 9.97 Å². The molecule has 0 saturated carbocycles. The molecule has 0 aliphatic heterocycles.